The Morgan fingerprint density at radius 3 is 2.50 bits per heavy atom. The Hall–Kier alpha value is -3.56. The number of nitrogens with zero attached hydrogens (tertiary/aromatic N) is 3. The van der Waals surface area contributed by atoms with Gasteiger partial charge in [0.05, 0.1) is 31.4 Å². The maximum absolute atomic E-state index is 12.8. The Morgan fingerprint density at radius 2 is 1.91 bits per heavy atom. The molecular formula is C24H26F3N3O4. The number of aromatic nitrogens is 3. The molecule has 0 unspecified atom stereocenters. The molecule has 0 aliphatic heterocycles. The standard InChI is InChI=1S/C24H26F3N3O4/c1-15(2)23-17(14-30(29-23)21-7-6-18(13-28-21)24(25,26)27)5-4-8-34-20-10-16(11-22(31)32)9-19(12-20)33-3/h6-7,9-10,12-15H,4-5,8,11H2,1-3H3,(H,31,32). The predicted octanol–water partition coefficient (Wildman–Crippen LogP) is 5.06. The van der Waals surface area contributed by atoms with E-state index < -0.39 is 17.7 Å². The quantitative estimate of drug-likeness (QED) is 0.411. The molecule has 3 aromatic rings. The van der Waals surface area contributed by atoms with Gasteiger partial charge in [-0.2, -0.15) is 18.3 Å². The number of methoxy groups -OCH3 is 1. The molecule has 0 saturated heterocycles. The largest absolute Gasteiger partial charge is 0.497 e. The van der Waals surface area contributed by atoms with Gasteiger partial charge in [0.2, 0.25) is 0 Å². The first-order valence-corrected chi connectivity index (χ1v) is 10.7. The number of benzene rings is 1. The van der Waals surface area contributed by atoms with E-state index in [9.17, 15) is 18.0 Å². The summed E-state index contributed by atoms with van der Waals surface area (Å²) in [4.78, 5) is 14.9. The minimum atomic E-state index is -4.44. The second-order valence-corrected chi connectivity index (χ2v) is 8.08. The van der Waals surface area contributed by atoms with Crippen LogP contribution in [0, 0.1) is 0 Å². The summed E-state index contributed by atoms with van der Waals surface area (Å²) in [6.45, 7) is 4.36. The first-order valence-electron chi connectivity index (χ1n) is 10.7. The van der Waals surface area contributed by atoms with Crippen molar-refractivity contribution < 1.29 is 32.5 Å². The van der Waals surface area contributed by atoms with Gasteiger partial charge >= 0.3 is 12.1 Å². The smallest absolute Gasteiger partial charge is 0.417 e. The number of carbonyl (C=O) groups is 1. The van der Waals surface area contributed by atoms with Crippen molar-refractivity contribution in [3.63, 3.8) is 0 Å². The lowest BCUT2D eigenvalue weighted by Gasteiger charge is -2.10. The second-order valence-electron chi connectivity index (χ2n) is 8.08. The van der Waals surface area contributed by atoms with Crippen molar-refractivity contribution in [3.8, 4) is 17.3 Å². The van der Waals surface area contributed by atoms with E-state index in [1.54, 1.807) is 24.4 Å². The molecule has 2 aromatic heterocycles. The normalized spacial score (nSPS) is 11.6. The molecule has 0 spiro atoms. The summed E-state index contributed by atoms with van der Waals surface area (Å²) in [6.07, 6.45) is -0.714. The van der Waals surface area contributed by atoms with Crippen LogP contribution in [0.15, 0.2) is 42.7 Å². The summed E-state index contributed by atoms with van der Waals surface area (Å²) in [5.41, 5.74) is 1.56. The van der Waals surface area contributed by atoms with Crippen LogP contribution in [0.2, 0.25) is 0 Å². The zero-order chi connectivity index (χ0) is 24.9. The number of alkyl halides is 3. The molecule has 1 N–H and O–H groups in total. The lowest BCUT2D eigenvalue weighted by atomic mass is 10.0. The fraction of sp³-hybridized carbons (Fsp3) is 0.375. The van der Waals surface area contributed by atoms with Gasteiger partial charge in [0, 0.05) is 18.5 Å². The summed E-state index contributed by atoms with van der Waals surface area (Å²) in [5.74, 6) is 0.508. The Morgan fingerprint density at radius 1 is 1.18 bits per heavy atom. The highest BCUT2D eigenvalue weighted by molar-refractivity contribution is 5.70. The van der Waals surface area contributed by atoms with Crippen molar-refractivity contribution in [2.24, 2.45) is 0 Å². The van der Waals surface area contributed by atoms with Gasteiger partial charge in [-0.15, -0.1) is 0 Å². The maximum Gasteiger partial charge on any atom is 0.417 e. The number of rotatable bonds is 10. The van der Waals surface area contributed by atoms with E-state index >= 15 is 0 Å². The van der Waals surface area contributed by atoms with Crippen LogP contribution in [0.1, 0.15) is 48.6 Å². The number of pyridine rings is 1. The highest BCUT2D eigenvalue weighted by atomic mass is 19.4. The second kappa shape index (κ2) is 10.6. The molecule has 3 rings (SSSR count). The zero-order valence-corrected chi connectivity index (χ0v) is 19.1. The van der Waals surface area contributed by atoms with Gasteiger partial charge in [0.15, 0.2) is 5.82 Å². The van der Waals surface area contributed by atoms with Crippen molar-refractivity contribution >= 4 is 5.97 Å². The molecule has 0 radical (unpaired) electrons. The zero-order valence-electron chi connectivity index (χ0n) is 19.1. The minimum absolute atomic E-state index is 0.114. The van der Waals surface area contributed by atoms with Gasteiger partial charge in [0.1, 0.15) is 11.5 Å². The van der Waals surface area contributed by atoms with Crippen LogP contribution in [0.25, 0.3) is 5.82 Å². The summed E-state index contributed by atoms with van der Waals surface area (Å²) in [6, 6.07) is 7.30. The summed E-state index contributed by atoms with van der Waals surface area (Å²) in [5, 5.41) is 13.6. The molecule has 34 heavy (non-hydrogen) atoms. The maximum atomic E-state index is 12.8. The first-order chi connectivity index (χ1) is 16.1. The third kappa shape index (κ3) is 6.49. The Labute approximate surface area is 195 Å². The van der Waals surface area contributed by atoms with Crippen LogP contribution in [0.3, 0.4) is 0 Å². The predicted molar refractivity (Wildman–Crippen MR) is 119 cm³/mol. The van der Waals surface area contributed by atoms with E-state index in [0.29, 0.717) is 42.3 Å². The number of hydrogen-bond acceptors (Lipinski definition) is 5. The summed E-state index contributed by atoms with van der Waals surface area (Å²) in [7, 11) is 1.50. The van der Waals surface area contributed by atoms with Crippen LogP contribution in [-0.2, 0) is 23.8 Å². The molecule has 0 bridgehead atoms. The fourth-order valence-electron chi connectivity index (χ4n) is 3.47. The summed E-state index contributed by atoms with van der Waals surface area (Å²) >= 11 is 0. The van der Waals surface area contributed by atoms with Gasteiger partial charge in [-0.05, 0) is 54.2 Å². The molecule has 10 heteroatoms. The molecule has 182 valence electrons. The molecule has 0 fully saturated rings. The van der Waals surface area contributed by atoms with E-state index in [1.807, 2.05) is 13.8 Å². The van der Waals surface area contributed by atoms with Crippen molar-refractivity contribution in [3.05, 3.63) is 65.1 Å². The van der Waals surface area contributed by atoms with E-state index in [0.717, 1.165) is 23.5 Å². The van der Waals surface area contributed by atoms with E-state index in [2.05, 4.69) is 10.1 Å². The van der Waals surface area contributed by atoms with Gasteiger partial charge in [0.25, 0.3) is 0 Å². The molecule has 7 nitrogen and oxygen atoms in total. The molecule has 1 aromatic carbocycles. The average molecular weight is 477 g/mol. The number of halogens is 3. The minimum Gasteiger partial charge on any atom is -0.497 e. The number of aliphatic carboxylic acids is 1. The lowest BCUT2D eigenvalue weighted by Crippen LogP contribution is -2.07. The van der Waals surface area contributed by atoms with Gasteiger partial charge in [-0.1, -0.05) is 13.8 Å². The summed E-state index contributed by atoms with van der Waals surface area (Å²) < 4.78 is 50.9. The average Bonchev–Trinajstić information content (AvgIpc) is 3.20. The third-order valence-electron chi connectivity index (χ3n) is 5.07. The molecule has 0 amide bonds. The van der Waals surface area contributed by atoms with E-state index in [4.69, 9.17) is 14.6 Å². The molecule has 0 aliphatic rings. The highest BCUT2D eigenvalue weighted by Crippen LogP contribution is 2.29. The van der Waals surface area contributed by atoms with E-state index in [-0.39, 0.29) is 12.3 Å². The van der Waals surface area contributed by atoms with Crippen LogP contribution in [-0.4, -0.2) is 39.6 Å². The number of carboxylic acids is 1. The molecular weight excluding hydrogens is 451 g/mol. The van der Waals surface area contributed by atoms with Crippen LogP contribution >= 0.6 is 0 Å². The number of ether oxygens (including phenoxy) is 2. The SMILES string of the molecule is COc1cc(CC(=O)O)cc(OCCCc2cn(-c3ccc(C(F)(F)F)cn3)nc2C(C)C)c1. The fourth-order valence-corrected chi connectivity index (χ4v) is 3.47. The molecule has 0 saturated carbocycles. The Balaban J connectivity index is 1.67. The molecule has 0 atom stereocenters. The lowest BCUT2D eigenvalue weighted by molar-refractivity contribution is -0.138. The van der Waals surface area contributed by atoms with Gasteiger partial charge in [-0.25, -0.2) is 9.67 Å². The van der Waals surface area contributed by atoms with Gasteiger partial charge in [-0.3, -0.25) is 4.79 Å². The third-order valence-corrected chi connectivity index (χ3v) is 5.07. The molecule has 2 heterocycles. The Kier molecular flexibility index (Phi) is 7.80. The first kappa shape index (κ1) is 25.1. The molecule has 0 aliphatic carbocycles. The monoisotopic (exact) mass is 477 g/mol. The Bertz CT molecular complexity index is 1130. The highest BCUT2D eigenvalue weighted by Gasteiger charge is 2.30. The van der Waals surface area contributed by atoms with Crippen LogP contribution < -0.4 is 9.47 Å². The number of carboxylic acid groups (broad SMARTS) is 1. The van der Waals surface area contributed by atoms with Crippen molar-refractivity contribution in [2.45, 2.75) is 45.2 Å². The topological polar surface area (TPSA) is 86.5 Å². The van der Waals surface area contributed by atoms with Crippen molar-refractivity contribution in [2.75, 3.05) is 13.7 Å². The van der Waals surface area contributed by atoms with Crippen LogP contribution in [0.5, 0.6) is 11.5 Å². The number of hydrogen-bond donors (Lipinski definition) is 1. The number of aryl methyl sites for hydroxylation is 1. The van der Waals surface area contributed by atoms with Gasteiger partial charge < -0.3 is 14.6 Å². The van der Waals surface area contributed by atoms with Crippen LogP contribution in [0.4, 0.5) is 13.2 Å². The van der Waals surface area contributed by atoms with Crippen molar-refractivity contribution in [1.82, 2.24) is 14.8 Å². The van der Waals surface area contributed by atoms with E-state index in [1.165, 1.54) is 17.9 Å². The van der Waals surface area contributed by atoms with Crippen molar-refractivity contribution in [1.29, 1.82) is 0 Å².